The summed E-state index contributed by atoms with van der Waals surface area (Å²) < 4.78 is 1.93. The SMILES string of the molecule is Cc1ccc(-n2nc(C)c3c(C)c(CCC(=O)N4CCN(c5ccccn5)CC4)c(C)nc32)cc1. The fourth-order valence-corrected chi connectivity index (χ4v) is 5.06. The highest BCUT2D eigenvalue weighted by atomic mass is 16.2. The van der Waals surface area contributed by atoms with Crippen LogP contribution in [0, 0.1) is 27.7 Å². The molecule has 180 valence electrons. The Morgan fingerprint density at radius 2 is 1.66 bits per heavy atom. The molecule has 1 fully saturated rings. The minimum atomic E-state index is 0.205. The zero-order chi connectivity index (χ0) is 24.5. The third kappa shape index (κ3) is 4.50. The Balaban J connectivity index is 1.30. The second-order valence-corrected chi connectivity index (χ2v) is 9.39. The molecule has 0 saturated carbocycles. The van der Waals surface area contributed by atoms with Crippen LogP contribution in [0.1, 0.15) is 34.5 Å². The maximum Gasteiger partial charge on any atom is 0.223 e. The Kier molecular flexibility index (Phi) is 6.24. The molecule has 1 amide bonds. The molecule has 1 aliphatic rings. The first-order chi connectivity index (χ1) is 16.9. The number of hydrogen-bond donors (Lipinski definition) is 0. The van der Waals surface area contributed by atoms with Crippen molar-refractivity contribution in [2.45, 2.75) is 40.5 Å². The van der Waals surface area contributed by atoms with Crippen LogP contribution in [-0.4, -0.2) is 56.7 Å². The Morgan fingerprint density at radius 3 is 2.34 bits per heavy atom. The molecular formula is C28H32N6O. The summed E-state index contributed by atoms with van der Waals surface area (Å²) in [5, 5.41) is 5.89. The number of fused-ring (bicyclic) bond motifs is 1. The summed E-state index contributed by atoms with van der Waals surface area (Å²) in [5.74, 6) is 1.18. The monoisotopic (exact) mass is 468 g/mol. The molecule has 0 spiro atoms. The van der Waals surface area contributed by atoms with Gasteiger partial charge in [0.15, 0.2) is 5.65 Å². The molecule has 7 heteroatoms. The number of aromatic nitrogens is 4. The molecule has 0 N–H and O–H groups in total. The highest BCUT2D eigenvalue weighted by molar-refractivity contribution is 5.85. The van der Waals surface area contributed by atoms with Gasteiger partial charge in [-0.25, -0.2) is 14.6 Å². The van der Waals surface area contributed by atoms with E-state index in [-0.39, 0.29) is 5.91 Å². The fourth-order valence-electron chi connectivity index (χ4n) is 5.06. The smallest absolute Gasteiger partial charge is 0.223 e. The maximum absolute atomic E-state index is 13.0. The minimum absolute atomic E-state index is 0.205. The molecule has 1 saturated heterocycles. The van der Waals surface area contributed by atoms with Gasteiger partial charge in [-0.1, -0.05) is 23.8 Å². The standard InChI is InChI=1S/C28H32N6O/c1-19-8-10-23(11-9-19)34-28-27(22(4)31-34)20(2)24(21(3)30-28)12-13-26(35)33-17-15-32(16-18-33)25-7-5-6-14-29-25/h5-11,14H,12-13,15-18H2,1-4H3. The van der Waals surface area contributed by atoms with E-state index in [1.165, 1.54) is 11.1 Å². The van der Waals surface area contributed by atoms with Crippen molar-refractivity contribution in [3.05, 3.63) is 76.7 Å². The number of aryl methyl sites for hydroxylation is 4. The van der Waals surface area contributed by atoms with Crippen LogP contribution in [0.5, 0.6) is 0 Å². The average Bonchev–Trinajstić information content (AvgIpc) is 3.20. The van der Waals surface area contributed by atoms with Gasteiger partial charge in [0.2, 0.25) is 5.91 Å². The highest BCUT2D eigenvalue weighted by Crippen LogP contribution is 2.28. The van der Waals surface area contributed by atoms with Crippen molar-refractivity contribution < 1.29 is 4.79 Å². The second-order valence-electron chi connectivity index (χ2n) is 9.39. The first-order valence-corrected chi connectivity index (χ1v) is 12.3. The lowest BCUT2D eigenvalue weighted by Crippen LogP contribution is -2.49. The van der Waals surface area contributed by atoms with Gasteiger partial charge in [-0.05, 0) is 69.5 Å². The molecule has 0 atom stereocenters. The van der Waals surface area contributed by atoms with Crippen molar-refractivity contribution in [3.8, 4) is 5.69 Å². The summed E-state index contributed by atoms with van der Waals surface area (Å²) in [7, 11) is 0. The minimum Gasteiger partial charge on any atom is -0.353 e. The van der Waals surface area contributed by atoms with Crippen LogP contribution in [-0.2, 0) is 11.2 Å². The van der Waals surface area contributed by atoms with E-state index in [1.807, 2.05) is 47.8 Å². The highest BCUT2D eigenvalue weighted by Gasteiger charge is 2.23. The van der Waals surface area contributed by atoms with Crippen molar-refractivity contribution in [2.24, 2.45) is 0 Å². The number of piperazine rings is 1. The van der Waals surface area contributed by atoms with E-state index in [0.29, 0.717) is 12.8 Å². The van der Waals surface area contributed by atoms with Crippen LogP contribution in [0.3, 0.4) is 0 Å². The average molecular weight is 469 g/mol. The van der Waals surface area contributed by atoms with E-state index < -0.39 is 0 Å². The topological polar surface area (TPSA) is 67.2 Å². The van der Waals surface area contributed by atoms with Gasteiger partial charge in [0, 0.05) is 49.9 Å². The van der Waals surface area contributed by atoms with Crippen LogP contribution in [0.4, 0.5) is 5.82 Å². The Hall–Kier alpha value is -3.74. The summed E-state index contributed by atoms with van der Waals surface area (Å²) >= 11 is 0. The largest absolute Gasteiger partial charge is 0.353 e. The van der Waals surface area contributed by atoms with Gasteiger partial charge in [-0.3, -0.25) is 4.79 Å². The zero-order valence-corrected chi connectivity index (χ0v) is 21.0. The van der Waals surface area contributed by atoms with Crippen LogP contribution < -0.4 is 4.90 Å². The van der Waals surface area contributed by atoms with Crippen molar-refractivity contribution in [2.75, 3.05) is 31.1 Å². The molecule has 3 aromatic heterocycles. The van der Waals surface area contributed by atoms with Gasteiger partial charge in [0.25, 0.3) is 0 Å². The quantitative estimate of drug-likeness (QED) is 0.436. The van der Waals surface area contributed by atoms with Crippen molar-refractivity contribution in [3.63, 3.8) is 0 Å². The van der Waals surface area contributed by atoms with Gasteiger partial charge < -0.3 is 9.80 Å². The number of hydrogen-bond acceptors (Lipinski definition) is 5. The van der Waals surface area contributed by atoms with Gasteiger partial charge >= 0.3 is 0 Å². The van der Waals surface area contributed by atoms with E-state index >= 15 is 0 Å². The third-order valence-corrected chi connectivity index (χ3v) is 7.05. The Bertz CT molecular complexity index is 1350. The first-order valence-electron chi connectivity index (χ1n) is 12.3. The van der Waals surface area contributed by atoms with Gasteiger partial charge in [0.05, 0.1) is 11.4 Å². The maximum atomic E-state index is 13.0. The van der Waals surface area contributed by atoms with Crippen LogP contribution in [0.2, 0.25) is 0 Å². The van der Waals surface area contributed by atoms with Gasteiger partial charge in [0.1, 0.15) is 5.82 Å². The fraction of sp³-hybridized carbons (Fsp3) is 0.357. The predicted octanol–water partition coefficient (Wildman–Crippen LogP) is 4.33. The van der Waals surface area contributed by atoms with Crippen molar-refractivity contribution in [1.29, 1.82) is 0 Å². The van der Waals surface area contributed by atoms with Crippen LogP contribution >= 0.6 is 0 Å². The molecule has 35 heavy (non-hydrogen) atoms. The molecule has 0 bridgehead atoms. The van der Waals surface area contributed by atoms with Gasteiger partial charge in [-0.2, -0.15) is 5.10 Å². The molecule has 5 rings (SSSR count). The summed E-state index contributed by atoms with van der Waals surface area (Å²) in [6.45, 7) is 11.4. The lowest BCUT2D eigenvalue weighted by molar-refractivity contribution is -0.131. The lowest BCUT2D eigenvalue weighted by atomic mass is 9.99. The zero-order valence-electron chi connectivity index (χ0n) is 21.0. The molecule has 0 radical (unpaired) electrons. The van der Waals surface area contributed by atoms with E-state index in [2.05, 4.69) is 48.0 Å². The third-order valence-electron chi connectivity index (χ3n) is 7.05. The molecule has 4 heterocycles. The normalized spacial score (nSPS) is 14.1. The number of nitrogens with zero attached hydrogens (tertiary/aromatic N) is 6. The number of benzene rings is 1. The van der Waals surface area contributed by atoms with Crippen molar-refractivity contribution >= 4 is 22.8 Å². The number of amides is 1. The number of pyridine rings is 2. The molecule has 1 aromatic carbocycles. The second kappa shape index (κ2) is 9.49. The molecule has 1 aliphatic heterocycles. The van der Waals surface area contributed by atoms with E-state index in [4.69, 9.17) is 10.1 Å². The van der Waals surface area contributed by atoms with Gasteiger partial charge in [-0.15, -0.1) is 0 Å². The number of carbonyl (C=O) groups is 1. The number of rotatable bonds is 5. The summed E-state index contributed by atoms with van der Waals surface area (Å²) in [5.41, 5.74) is 7.36. The molecule has 4 aromatic rings. The molecular weight excluding hydrogens is 436 g/mol. The van der Waals surface area contributed by atoms with Crippen molar-refractivity contribution in [1.82, 2.24) is 24.6 Å². The number of anilines is 1. The number of carbonyl (C=O) groups excluding carboxylic acids is 1. The molecule has 0 aliphatic carbocycles. The Labute approximate surface area is 206 Å². The van der Waals surface area contributed by atoms with E-state index in [1.54, 1.807) is 0 Å². The van der Waals surface area contributed by atoms with E-state index in [0.717, 1.165) is 65.7 Å². The summed E-state index contributed by atoms with van der Waals surface area (Å²) in [6.07, 6.45) is 2.99. The first kappa shape index (κ1) is 23.0. The summed E-state index contributed by atoms with van der Waals surface area (Å²) in [4.78, 5) is 26.6. The predicted molar refractivity (Wildman–Crippen MR) is 139 cm³/mol. The molecule has 7 nitrogen and oxygen atoms in total. The lowest BCUT2D eigenvalue weighted by Gasteiger charge is -2.35. The molecule has 0 unspecified atom stereocenters. The van der Waals surface area contributed by atoms with Crippen LogP contribution in [0.25, 0.3) is 16.7 Å². The van der Waals surface area contributed by atoms with Crippen LogP contribution in [0.15, 0.2) is 48.7 Å². The summed E-state index contributed by atoms with van der Waals surface area (Å²) in [6, 6.07) is 14.3. The Morgan fingerprint density at radius 1 is 0.914 bits per heavy atom. The van der Waals surface area contributed by atoms with E-state index in [9.17, 15) is 4.79 Å².